The van der Waals surface area contributed by atoms with E-state index >= 15 is 0 Å². The van der Waals surface area contributed by atoms with E-state index in [4.69, 9.17) is 9.84 Å². The molecular formula is C8H9NO3. The lowest BCUT2D eigenvalue weighted by Crippen LogP contribution is -2.13. The normalized spacial score (nSPS) is 12.4. The zero-order valence-electron chi connectivity index (χ0n) is 6.60. The highest BCUT2D eigenvalue weighted by Gasteiger charge is 2.18. The molecule has 0 aromatic carbocycles. The Hall–Kier alpha value is -1.42. The number of methoxy groups -OCH3 is 1. The van der Waals surface area contributed by atoms with E-state index in [1.165, 1.54) is 13.3 Å². The van der Waals surface area contributed by atoms with Crippen LogP contribution in [0.1, 0.15) is 11.7 Å². The summed E-state index contributed by atoms with van der Waals surface area (Å²) in [7, 11) is 1.35. The number of carbonyl (C=O) groups is 1. The van der Waals surface area contributed by atoms with E-state index in [-0.39, 0.29) is 0 Å². The summed E-state index contributed by atoms with van der Waals surface area (Å²) < 4.78 is 4.76. The molecule has 1 atom stereocenters. The number of aromatic nitrogens is 1. The number of rotatable bonds is 3. The van der Waals surface area contributed by atoms with Crippen LogP contribution in [0.4, 0.5) is 0 Å². The molecule has 64 valence electrons. The molecule has 0 spiro atoms. The lowest BCUT2D eigenvalue weighted by atomic mass is 10.2. The fraction of sp³-hybridized carbons (Fsp3) is 0.250. The monoisotopic (exact) mass is 167 g/mol. The first-order valence-electron chi connectivity index (χ1n) is 3.41. The van der Waals surface area contributed by atoms with Gasteiger partial charge in [-0.25, -0.2) is 4.79 Å². The third-order valence-corrected chi connectivity index (χ3v) is 1.45. The van der Waals surface area contributed by atoms with Crippen LogP contribution in [0.3, 0.4) is 0 Å². The van der Waals surface area contributed by atoms with Gasteiger partial charge in [-0.2, -0.15) is 0 Å². The molecule has 0 bridgehead atoms. The number of carboxylic acids is 1. The fourth-order valence-electron chi connectivity index (χ4n) is 0.911. The van der Waals surface area contributed by atoms with Crippen LogP contribution in [0, 0.1) is 0 Å². The lowest BCUT2D eigenvalue weighted by molar-refractivity contribution is -0.148. The van der Waals surface area contributed by atoms with Gasteiger partial charge in [0.2, 0.25) is 0 Å². The molecule has 1 unspecified atom stereocenters. The molecule has 1 aromatic rings. The van der Waals surface area contributed by atoms with Crippen molar-refractivity contribution in [1.29, 1.82) is 0 Å². The highest BCUT2D eigenvalue weighted by atomic mass is 16.5. The van der Waals surface area contributed by atoms with Gasteiger partial charge in [-0.3, -0.25) is 4.98 Å². The van der Waals surface area contributed by atoms with Gasteiger partial charge in [-0.15, -0.1) is 0 Å². The van der Waals surface area contributed by atoms with Crippen LogP contribution in [-0.2, 0) is 9.53 Å². The van der Waals surface area contributed by atoms with Crippen LogP contribution >= 0.6 is 0 Å². The zero-order chi connectivity index (χ0) is 8.97. The summed E-state index contributed by atoms with van der Waals surface area (Å²) in [6.07, 6.45) is 2.14. The topological polar surface area (TPSA) is 59.4 Å². The Labute approximate surface area is 69.8 Å². The molecule has 1 heterocycles. The SMILES string of the molecule is COC(C(=O)O)c1cccnc1. The van der Waals surface area contributed by atoms with E-state index in [9.17, 15) is 4.79 Å². The molecule has 4 nitrogen and oxygen atoms in total. The summed E-state index contributed by atoms with van der Waals surface area (Å²) in [5, 5.41) is 8.67. The standard InChI is InChI=1S/C8H9NO3/c1-12-7(8(10)11)6-3-2-4-9-5-6/h2-5,7H,1H3,(H,10,11). The molecule has 0 saturated carbocycles. The molecule has 4 heteroatoms. The third-order valence-electron chi connectivity index (χ3n) is 1.45. The van der Waals surface area contributed by atoms with Gasteiger partial charge in [0.15, 0.2) is 6.10 Å². The van der Waals surface area contributed by atoms with Crippen molar-refractivity contribution in [2.24, 2.45) is 0 Å². The van der Waals surface area contributed by atoms with Crippen molar-refractivity contribution in [1.82, 2.24) is 4.98 Å². The maximum absolute atomic E-state index is 10.6. The summed E-state index contributed by atoms with van der Waals surface area (Å²) in [5.41, 5.74) is 0.549. The van der Waals surface area contributed by atoms with Gasteiger partial charge < -0.3 is 9.84 Å². The van der Waals surface area contributed by atoms with Crippen LogP contribution in [0.5, 0.6) is 0 Å². The lowest BCUT2D eigenvalue weighted by Gasteiger charge is -2.08. The molecule has 0 saturated heterocycles. The molecule has 0 aliphatic rings. The first kappa shape index (κ1) is 8.67. The Kier molecular flexibility index (Phi) is 2.76. The Balaban J connectivity index is 2.88. The number of aliphatic carboxylic acids is 1. The maximum Gasteiger partial charge on any atom is 0.337 e. The largest absolute Gasteiger partial charge is 0.479 e. The van der Waals surface area contributed by atoms with Crippen LogP contribution < -0.4 is 0 Å². The van der Waals surface area contributed by atoms with Crippen molar-refractivity contribution in [3.8, 4) is 0 Å². The van der Waals surface area contributed by atoms with Crippen LogP contribution in [0.15, 0.2) is 24.5 Å². The van der Waals surface area contributed by atoms with Crippen molar-refractivity contribution in [2.45, 2.75) is 6.10 Å². The minimum Gasteiger partial charge on any atom is -0.479 e. The van der Waals surface area contributed by atoms with Gasteiger partial charge in [0.05, 0.1) is 0 Å². The van der Waals surface area contributed by atoms with E-state index in [0.29, 0.717) is 5.56 Å². The highest BCUT2D eigenvalue weighted by Crippen LogP contribution is 2.14. The predicted molar refractivity (Wildman–Crippen MR) is 41.6 cm³/mol. The van der Waals surface area contributed by atoms with Gasteiger partial charge in [0.1, 0.15) is 0 Å². The highest BCUT2D eigenvalue weighted by molar-refractivity contribution is 5.74. The summed E-state index contributed by atoms with van der Waals surface area (Å²) in [6.45, 7) is 0. The van der Waals surface area contributed by atoms with Crippen molar-refractivity contribution in [3.63, 3.8) is 0 Å². The van der Waals surface area contributed by atoms with Gasteiger partial charge in [0.25, 0.3) is 0 Å². The second-order valence-electron chi connectivity index (χ2n) is 2.24. The van der Waals surface area contributed by atoms with E-state index < -0.39 is 12.1 Å². The summed E-state index contributed by atoms with van der Waals surface area (Å²) in [4.78, 5) is 14.4. The zero-order valence-corrected chi connectivity index (χ0v) is 6.60. The number of hydrogen-bond donors (Lipinski definition) is 1. The number of hydrogen-bond acceptors (Lipinski definition) is 3. The smallest absolute Gasteiger partial charge is 0.337 e. The Morgan fingerprint density at radius 3 is 2.92 bits per heavy atom. The Morgan fingerprint density at radius 1 is 1.75 bits per heavy atom. The average molecular weight is 167 g/mol. The molecule has 1 aromatic heterocycles. The van der Waals surface area contributed by atoms with E-state index in [2.05, 4.69) is 4.98 Å². The maximum atomic E-state index is 10.6. The molecule has 0 amide bonds. The first-order valence-corrected chi connectivity index (χ1v) is 3.41. The number of ether oxygens (including phenoxy) is 1. The van der Waals surface area contributed by atoms with E-state index in [0.717, 1.165) is 0 Å². The van der Waals surface area contributed by atoms with E-state index in [1.807, 2.05) is 0 Å². The molecule has 0 aliphatic carbocycles. The number of nitrogens with zero attached hydrogens (tertiary/aromatic N) is 1. The summed E-state index contributed by atoms with van der Waals surface area (Å²) >= 11 is 0. The molecular weight excluding hydrogens is 158 g/mol. The third kappa shape index (κ3) is 1.79. The van der Waals surface area contributed by atoms with Gasteiger partial charge >= 0.3 is 5.97 Å². The number of carboxylic acid groups (broad SMARTS) is 1. The second kappa shape index (κ2) is 3.82. The molecule has 0 fully saturated rings. The van der Waals surface area contributed by atoms with Gasteiger partial charge in [0, 0.05) is 25.1 Å². The predicted octanol–water partition coefficient (Wildman–Crippen LogP) is 0.854. The second-order valence-corrected chi connectivity index (χ2v) is 2.24. The molecule has 1 N–H and O–H groups in total. The summed E-state index contributed by atoms with van der Waals surface area (Å²) in [5.74, 6) is -1.01. The first-order chi connectivity index (χ1) is 5.75. The van der Waals surface area contributed by atoms with Gasteiger partial charge in [-0.1, -0.05) is 6.07 Å². The quantitative estimate of drug-likeness (QED) is 0.725. The minimum atomic E-state index is -1.01. The molecule has 0 radical (unpaired) electrons. The minimum absolute atomic E-state index is 0.549. The van der Waals surface area contributed by atoms with Crippen molar-refractivity contribution < 1.29 is 14.6 Å². The van der Waals surface area contributed by atoms with Crippen LogP contribution in [-0.4, -0.2) is 23.2 Å². The summed E-state index contributed by atoms with van der Waals surface area (Å²) in [6, 6.07) is 3.33. The van der Waals surface area contributed by atoms with Crippen molar-refractivity contribution in [3.05, 3.63) is 30.1 Å². The average Bonchev–Trinajstić information content (AvgIpc) is 2.07. The number of pyridine rings is 1. The Bertz CT molecular complexity index is 260. The van der Waals surface area contributed by atoms with Crippen LogP contribution in [0.2, 0.25) is 0 Å². The van der Waals surface area contributed by atoms with E-state index in [1.54, 1.807) is 18.3 Å². The fourth-order valence-corrected chi connectivity index (χ4v) is 0.911. The Morgan fingerprint density at radius 2 is 2.50 bits per heavy atom. The van der Waals surface area contributed by atoms with Crippen molar-refractivity contribution in [2.75, 3.05) is 7.11 Å². The molecule has 0 aliphatic heterocycles. The van der Waals surface area contributed by atoms with Gasteiger partial charge in [-0.05, 0) is 6.07 Å². The van der Waals surface area contributed by atoms with Crippen molar-refractivity contribution >= 4 is 5.97 Å². The molecule has 12 heavy (non-hydrogen) atoms. The molecule has 1 rings (SSSR count). The van der Waals surface area contributed by atoms with Crippen LogP contribution in [0.25, 0.3) is 0 Å².